The van der Waals surface area contributed by atoms with Gasteiger partial charge >= 0.3 is 0 Å². The zero-order chi connectivity index (χ0) is 16.6. The lowest BCUT2D eigenvalue weighted by atomic mass is 9.95. The summed E-state index contributed by atoms with van der Waals surface area (Å²) in [5.74, 6) is 0. The van der Waals surface area contributed by atoms with E-state index < -0.39 is 0 Å². The molecule has 2 aromatic carbocycles. The van der Waals surface area contributed by atoms with E-state index in [2.05, 4.69) is 0 Å². The Morgan fingerprint density at radius 3 is 2.04 bits per heavy atom. The SMILES string of the molecule is Cc1cc(C)c(-c2c(O)sc(-c3ccccc3)cc2=O)c(C)c1. The molecule has 0 aliphatic rings. The molecule has 0 atom stereocenters. The predicted octanol–water partition coefficient (Wildman–Crippen LogP) is 5.07. The van der Waals surface area contributed by atoms with E-state index in [1.807, 2.05) is 63.2 Å². The van der Waals surface area contributed by atoms with Crippen LogP contribution < -0.4 is 5.43 Å². The Kier molecular flexibility index (Phi) is 4.05. The first-order valence-corrected chi connectivity index (χ1v) is 8.30. The van der Waals surface area contributed by atoms with Crippen LogP contribution in [-0.4, -0.2) is 5.11 Å². The van der Waals surface area contributed by atoms with Crippen molar-refractivity contribution in [3.8, 4) is 26.6 Å². The first kappa shape index (κ1) is 15.5. The molecule has 3 heteroatoms. The lowest BCUT2D eigenvalue weighted by molar-refractivity contribution is 0.491. The van der Waals surface area contributed by atoms with Crippen LogP contribution in [0, 0.1) is 20.8 Å². The van der Waals surface area contributed by atoms with Crippen LogP contribution in [0.2, 0.25) is 0 Å². The van der Waals surface area contributed by atoms with Gasteiger partial charge in [0.2, 0.25) is 0 Å². The van der Waals surface area contributed by atoms with E-state index in [-0.39, 0.29) is 10.5 Å². The van der Waals surface area contributed by atoms with Crippen molar-refractivity contribution < 1.29 is 5.11 Å². The molecule has 1 aromatic heterocycles. The van der Waals surface area contributed by atoms with Crippen LogP contribution in [0.3, 0.4) is 0 Å². The van der Waals surface area contributed by atoms with E-state index in [0.717, 1.165) is 32.7 Å². The summed E-state index contributed by atoms with van der Waals surface area (Å²) in [6.45, 7) is 5.98. The van der Waals surface area contributed by atoms with Crippen LogP contribution in [0.25, 0.3) is 21.6 Å². The number of hydrogen-bond acceptors (Lipinski definition) is 3. The Bertz CT molecular complexity index is 901. The molecule has 2 nitrogen and oxygen atoms in total. The van der Waals surface area contributed by atoms with Crippen LogP contribution in [0.4, 0.5) is 0 Å². The van der Waals surface area contributed by atoms with Crippen molar-refractivity contribution in [2.24, 2.45) is 0 Å². The normalized spacial score (nSPS) is 10.7. The number of rotatable bonds is 2. The van der Waals surface area contributed by atoms with Gasteiger partial charge in [-0.1, -0.05) is 59.4 Å². The van der Waals surface area contributed by atoms with Gasteiger partial charge in [0.05, 0.1) is 5.56 Å². The maximum Gasteiger partial charge on any atom is 0.192 e. The highest BCUT2D eigenvalue weighted by molar-refractivity contribution is 7.17. The third-order valence-electron chi connectivity index (χ3n) is 3.91. The van der Waals surface area contributed by atoms with Gasteiger partial charge in [0.25, 0.3) is 0 Å². The van der Waals surface area contributed by atoms with Crippen molar-refractivity contribution in [3.63, 3.8) is 0 Å². The zero-order valence-corrected chi connectivity index (χ0v) is 14.2. The Hall–Kier alpha value is -2.39. The minimum atomic E-state index is -0.143. The second kappa shape index (κ2) is 6.01. The number of aryl methyl sites for hydroxylation is 3. The first-order chi connectivity index (χ1) is 11.0. The fraction of sp³-hybridized carbons (Fsp3) is 0.150. The lowest BCUT2D eigenvalue weighted by Crippen LogP contribution is -2.05. The Labute approximate surface area is 139 Å². The molecule has 116 valence electrons. The second-order valence-electron chi connectivity index (χ2n) is 5.79. The van der Waals surface area contributed by atoms with Gasteiger partial charge < -0.3 is 5.11 Å². The molecule has 0 aliphatic carbocycles. The molecule has 0 bridgehead atoms. The minimum Gasteiger partial charge on any atom is -0.499 e. The van der Waals surface area contributed by atoms with Crippen LogP contribution in [-0.2, 0) is 0 Å². The van der Waals surface area contributed by atoms with E-state index in [1.165, 1.54) is 11.3 Å². The summed E-state index contributed by atoms with van der Waals surface area (Å²) in [7, 11) is 0. The monoisotopic (exact) mass is 322 g/mol. The van der Waals surface area contributed by atoms with Crippen molar-refractivity contribution in [1.82, 2.24) is 0 Å². The molecule has 3 rings (SSSR count). The van der Waals surface area contributed by atoms with Crippen LogP contribution in [0.1, 0.15) is 16.7 Å². The summed E-state index contributed by atoms with van der Waals surface area (Å²) in [6, 6.07) is 15.3. The molecular formula is C20H18O2S. The quantitative estimate of drug-likeness (QED) is 0.715. The highest BCUT2D eigenvalue weighted by atomic mass is 32.1. The summed E-state index contributed by atoms with van der Waals surface area (Å²) in [5.41, 5.74) is 5.21. The van der Waals surface area contributed by atoms with E-state index in [4.69, 9.17) is 0 Å². The maximum absolute atomic E-state index is 12.7. The molecule has 0 unspecified atom stereocenters. The highest BCUT2D eigenvalue weighted by Crippen LogP contribution is 2.38. The third kappa shape index (κ3) is 2.92. The van der Waals surface area contributed by atoms with E-state index >= 15 is 0 Å². The Balaban J connectivity index is 2.22. The molecule has 0 aliphatic heterocycles. The molecule has 1 heterocycles. The fourth-order valence-electron chi connectivity index (χ4n) is 3.03. The topological polar surface area (TPSA) is 37.3 Å². The van der Waals surface area contributed by atoms with E-state index in [9.17, 15) is 9.90 Å². The minimum absolute atomic E-state index is 0.0754. The number of benzene rings is 2. The van der Waals surface area contributed by atoms with E-state index in [0.29, 0.717) is 5.56 Å². The summed E-state index contributed by atoms with van der Waals surface area (Å²) >= 11 is 1.24. The van der Waals surface area contributed by atoms with Crippen molar-refractivity contribution >= 4 is 11.3 Å². The summed E-state index contributed by atoms with van der Waals surface area (Å²) < 4.78 is 0. The van der Waals surface area contributed by atoms with Crippen molar-refractivity contribution in [2.75, 3.05) is 0 Å². The molecule has 0 fully saturated rings. The van der Waals surface area contributed by atoms with Gasteiger partial charge in [-0.25, -0.2) is 0 Å². The predicted molar refractivity (Wildman–Crippen MR) is 97.3 cm³/mol. The van der Waals surface area contributed by atoms with Crippen LogP contribution in [0.5, 0.6) is 5.06 Å². The molecule has 1 N–H and O–H groups in total. The fourth-order valence-corrected chi connectivity index (χ4v) is 3.96. The molecule has 0 saturated heterocycles. The first-order valence-electron chi connectivity index (χ1n) is 7.48. The molecule has 0 saturated carbocycles. The van der Waals surface area contributed by atoms with Gasteiger partial charge in [0.1, 0.15) is 0 Å². The Morgan fingerprint density at radius 1 is 0.870 bits per heavy atom. The van der Waals surface area contributed by atoms with Crippen molar-refractivity contribution in [3.05, 3.63) is 75.4 Å². The standard InChI is InChI=1S/C20H18O2S/c1-12-9-13(2)18(14(3)10-12)19-16(21)11-17(23-20(19)22)15-7-5-4-6-8-15/h4-11,22H,1-3H3. The average Bonchev–Trinajstić information content (AvgIpc) is 2.49. The second-order valence-corrected chi connectivity index (χ2v) is 6.83. The third-order valence-corrected chi connectivity index (χ3v) is 4.89. The number of hydrogen-bond donors (Lipinski definition) is 1. The molecular weight excluding hydrogens is 304 g/mol. The lowest BCUT2D eigenvalue weighted by Gasteiger charge is -2.13. The zero-order valence-electron chi connectivity index (χ0n) is 13.4. The largest absolute Gasteiger partial charge is 0.499 e. The van der Waals surface area contributed by atoms with Gasteiger partial charge in [-0.15, -0.1) is 0 Å². The highest BCUT2D eigenvalue weighted by Gasteiger charge is 2.17. The number of aromatic hydroxyl groups is 1. The van der Waals surface area contributed by atoms with E-state index in [1.54, 1.807) is 6.07 Å². The summed E-state index contributed by atoms with van der Waals surface area (Å²) in [5, 5.41) is 10.6. The van der Waals surface area contributed by atoms with Crippen molar-refractivity contribution in [1.29, 1.82) is 0 Å². The molecule has 0 radical (unpaired) electrons. The Morgan fingerprint density at radius 2 is 1.48 bits per heavy atom. The van der Waals surface area contributed by atoms with Gasteiger partial charge in [0.15, 0.2) is 10.5 Å². The van der Waals surface area contributed by atoms with Gasteiger partial charge in [0, 0.05) is 10.9 Å². The van der Waals surface area contributed by atoms with Crippen LogP contribution >= 0.6 is 11.3 Å². The smallest absolute Gasteiger partial charge is 0.192 e. The summed E-state index contributed by atoms with van der Waals surface area (Å²) in [6.07, 6.45) is 0. The molecule has 23 heavy (non-hydrogen) atoms. The molecule has 0 spiro atoms. The van der Waals surface area contributed by atoms with Crippen LogP contribution in [0.15, 0.2) is 53.3 Å². The van der Waals surface area contributed by atoms with Crippen molar-refractivity contribution in [2.45, 2.75) is 20.8 Å². The molecule has 0 amide bonds. The van der Waals surface area contributed by atoms with Gasteiger partial charge in [-0.3, -0.25) is 4.79 Å². The molecule has 3 aromatic rings. The van der Waals surface area contributed by atoms with Gasteiger partial charge in [-0.2, -0.15) is 0 Å². The maximum atomic E-state index is 12.7. The van der Waals surface area contributed by atoms with Gasteiger partial charge in [-0.05, 0) is 43.0 Å². The summed E-state index contributed by atoms with van der Waals surface area (Å²) in [4.78, 5) is 13.4. The average molecular weight is 322 g/mol.